The lowest BCUT2D eigenvalue weighted by Crippen LogP contribution is -2.39. The first-order chi connectivity index (χ1) is 15.1. The molecular formula is C22H26N4O5S. The maximum atomic E-state index is 12.5. The minimum absolute atomic E-state index is 0.0549. The molecule has 1 aromatic carbocycles. The molecule has 1 aliphatic carbocycles. The molecule has 170 valence electrons. The van der Waals surface area contributed by atoms with Gasteiger partial charge in [0.25, 0.3) is 5.56 Å². The number of anilines is 1. The van der Waals surface area contributed by atoms with Gasteiger partial charge in [-0.2, -0.15) is 0 Å². The third-order valence-electron chi connectivity index (χ3n) is 6.02. The molecule has 0 unspecified atom stereocenters. The molecule has 9 nitrogen and oxygen atoms in total. The third-order valence-corrected chi connectivity index (χ3v) is 7.13. The van der Waals surface area contributed by atoms with Gasteiger partial charge in [-0.1, -0.05) is 0 Å². The zero-order chi connectivity index (χ0) is 23.0. The molecule has 2 aromatic heterocycles. The number of nitrogens with one attached hydrogen (secondary N) is 3. The van der Waals surface area contributed by atoms with E-state index >= 15 is 0 Å². The zero-order valence-electron chi connectivity index (χ0n) is 17.9. The van der Waals surface area contributed by atoms with E-state index < -0.39 is 15.9 Å². The number of sulfone groups is 1. The Hall–Kier alpha value is -3.27. The first-order valence-corrected chi connectivity index (χ1v) is 12.3. The number of fused-ring (bicyclic) bond motifs is 1. The van der Waals surface area contributed by atoms with E-state index in [1.807, 2.05) is 6.07 Å². The first kappa shape index (κ1) is 21.9. The van der Waals surface area contributed by atoms with Crippen molar-refractivity contribution in [3.8, 4) is 11.1 Å². The number of aryl methyl sites for hydroxylation is 1. The highest BCUT2D eigenvalue weighted by Crippen LogP contribution is 2.36. The van der Waals surface area contributed by atoms with E-state index in [-0.39, 0.29) is 22.5 Å². The molecule has 1 saturated carbocycles. The van der Waals surface area contributed by atoms with Crippen molar-refractivity contribution < 1.29 is 18.3 Å². The highest BCUT2D eigenvalue weighted by atomic mass is 32.2. The topological polar surface area (TPSA) is 133 Å². The predicted molar refractivity (Wildman–Crippen MR) is 123 cm³/mol. The number of amides is 1. The highest BCUT2D eigenvalue weighted by Gasteiger charge is 2.24. The number of carbonyl (C=O) groups is 1. The first-order valence-electron chi connectivity index (χ1n) is 10.4. The van der Waals surface area contributed by atoms with E-state index in [4.69, 9.17) is 5.11 Å². The maximum absolute atomic E-state index is 12.5. The Morgan fingerprint density at radius 3 is 2.47 bits per heavy atom. The monoisotopic (exact) mass is 458 g/mol. The molecule has 10 heteroatoms. The molecular weight excluding hydrogens is 432 g/mol. The molecule has 0 bridgehead atoms. The second-order valence-corrected chi connectivity index (χ2v) is 10.4. The Morgan fingerprint density at radius 1 is 1.12 bits per heavy atom. The normalized spacial score (nSPS) is 19.1. The van der Waals surface area contributed by atoms with Crippen molar-refractivity contribution in [3.63, 3.8) is 0 Å². The summed E-state index contributed by atoms with van der Waals surface area (Å²) in [5, 5.41) is 15.7. The fraction of sp³-hybridized carbons (Fsp3) is 0.364. The molecule has 1 amide bonds. The molecule has 2 heterocycles. The maximum Gasteiger partial charge on any atom is 0.404 e. The van der Waals surface area contributed by atoms with Crippen LogP contribution in [-0.2, 0) is 16.9 Å². The van der Waals surface area contributed by atoms with Crippen LogP contribution in [0.25, 0.3) is 22.0 Å². The van der Waals surface area contributed by atoms with Gasteiger partial charge in [-0.25, -0.2) is 13.2 Å². The Bertz CT molecular complexity index is 1330. The number of H-pyrrole nitrogens is 1. The van der Waals surface area contributed by atoms with Crippen LogP contribution >= 0.6 is 0 Å². The van der Waals surface area contributed by atoms with Crippen molar-refractivity contribution in [1.29, 1.82) is 0 Å². The lowest BCUT2D eigenvalue weighted by molar-refractivity contribution is 0.185. The van der Waals surface area contributed by atoms with Crippen LogP contribution in [0.1, 0.15) is 25.7 Å². The SMILES string of the molecule is Cn1cc(-c2cc(S(C)(=O)=O)ccc2NC2CCC(NC(=O)O)CC2)c2cc[nH]c2c1=O. The number of pyridine rings is 1. The van der Waals surface area contributed by atoms with Gasteiger partial charge in [0.2, 0.25) is 0 Å². The lowest BCUT2D eigenvalue weighted by Gasteiger charge is -2.30. The number of hydrogen-bond acceptors (Lipinski definition) is 5. The van der Waals surface area contributed by atoms with Crippen LogP contribution in [0.4, 0.5) is 10.5 Å². The van der Waals surface area contributed by atoms with Crippen LogP contribution in [0.3, 0.4) is 0 Å². The quantitative estimate of drug-likeness (QED) is 0.465. The number of nitrogens with zero attached hydrogens (tertiary/aromatic N) is 1. The van der Waals surface area contributed by atoms with E-state index in [0.29, 0.717) is 11.1 Å². The number of aromatic nitrogens is 2. The predicted octanol–water partition coefficient (Wildman–Crippen LogP) is 2.93. The number of aromatic amines is 1. The van der Waals surface area contributed by atoms with Crippen LogP contribution in [0.15, 0.2) is 46.3 Å². The van der Waals surface area contributed by atoms with Gasteiger partial charge in [-0.15, -0.1) is 0 Å². The number of carboxylic acid groups (broad SMARTS) is 1. The van der Waals surface area contributed by atoms with Gasteiger partial charge in [0.15, 0.2) is 9.84 Å². The standard InChI is InChI=1S/C22H26N4O5S/c1-26-12-18(16-9-10-23-20(16)21(26)27)17-11-15(32(2,30)31)7-8-19(17)24-13-3-5-14(6-4-13)25-22(28)29/h7-14,23-25H,3-6H2,1-2H3,(H,28,29). The summed E-state index contributed by atoms with van der Waals surface area (Å²) in [4.78, 5) is 26.5. The van der Waals surface area contributed by atoms with Crippen molar-refractivity contribution in [2.45, 2.75) is 42.7 Å². The zero-order valence-corrected chi connectivity index (χ0v) is 18.7. The van der Waals surface area contributed by atoms with Crippen molar-refractivity contribution in [2.24, 2.45) is 7.05 Å². The molecule has 0 radical (unpaired) electrons. The van der Waals surface area contributed by atoms with Crippen LogP contribution in [0.5, 0.6) is 0 Å². The molecule has 0 spiro atoms. The summed E-state index contributed by atoms with van der Waals surface area (Å²) >= 11 is 0. The molecule has 32 heavy (non-hydrogen) atoms. The van der Waals surface area contributed by atoms with E-state index in [1.54, 1.807) is 37.6 Å². The van der Waals surface area contributed by atoms with E-state index in [1.165, 1.54) is 10.8 Å². The van der Waals surface area contributed by atoms with Gasteiger partial charge in [0, 0.05) is 60.0 Å². The van der Waals surface area contributed by atoms with Gasteiger partial charge in [-0.05, 0) is 49.9 Å². The van der Waals surface area contributed by atoms with Gasteiger partial charge in [0.1, 0.15) is 5.52 Å². The fourth-order valence-electron chi connectivity index (χ4n) is 4.36. The molecule has 4 N–H and O–H groups in total. The highest BCUT2D eigenvalue weighted by molar-refractivity contribution is 7.90. The van der Waals surface area contributed by atoms with Gasteiger partial charge < -0.3 is 25.3 Å². The molecule has 4 rings (SSSR count). The van der Waals surface area contributed by atoms with E-state index in [0.717, 1.165) is 42.3 Å². The Morgan fingerprint density at radius 2 is 1.81 bits per heavy atom. The van der Waals surface area contributed by atoms with Crippen molar-refractivity contribution in [3.05, 3.63) is 47.0 Å². The second-order valence-electron chi connectivity index (χ2n) is 8.35. The Balaban J connectivity index is 1.74. The van der Waals surface area contributed by atoms with Crippen LogP contribution in [0.2, 0.25) is 0 Å². The molecule has 0 atom stereocenters. The fourth-order valence-corrected chi connectivity index (χ4v) is 5.01. The molecule has 1 aliphatic rings. The summed E-state index contributed by atoms with van der Waals surface area (Å²) in [6, 6.07) is 6.86. The average Bonchev–Trinajstić information content (AvgIpc) is 3.22. The number of hydrogen-bond donors (Lipinski definition) is 4. The van der Waals surface area contributed by atoms with Gasteiger partial charge in [-0.3, -0.25) is 4.79 Å². The molecule has 3 aromatic rings. The van der Waals surface area contributed by atoms with Crippen LogP contribution in [0, 0.1) is 0 Å². The third kappa shape index (κ3) is 4.36. The molecule has 0 saturated heterocycles. The summed E-state index contributed by atoms with van der Waals surface area (Å²) < 4.78 is 26.0. The summed E-state index contributed by atoms with van der Waals surface area (Å²) in [5.41, 5.74) is 2.51. The largest absolute Gasteiger partial charge is 0.465 e. The Labute approximate surface area is 185 Å². The van der Waals surface area contributed by atoms with E-state index in [2.05, 4.69) is 15.6 Å². The van der Waals surface area contributed by atoms with Crippen molar-refractivity contribution in [2.75, 3.05) is 11.6 Å². The van der Waals surface area contributed by atoms with Crippen molar-refractivity contribution in [1.82, 2.24) is 14.9 Å². The van der Waals surface area contributed by atoms with Crippen LogP contribution < -0.4 is 16.2 Å². The summed E-state index contributed by atoms with van der Waals surface area (Å²) in [5.74, 6) is 0. The minimum Gasteiger partial charge on any atom is -0.465 e. The molecule has 0 aliphatic heterocycles. The van der Waals surface area contributed by atoms with Crippen molar-refractivity contribution >= 4 is 32.5 Å². The summed E-state index contributed by atoms with van der Waals surface area (Å²) in [6.07, 6.45) is 6.59. The molecule has 1 fully saturated rings. The number of benzene rings is 1. The van der Waals surface area contributed by atoms with Gasteiger partial charge >= 0.3 is 6.09 Å². The second kappa shape index (κ2) is 8.34. The lowest BCUT2D eigenvalue weighted by atomic mass is 9.90. The van der Waals surface area contributed by atoms with E-state index in [9.17, 15) is 18.0 Å². The van der Waals surface area contributed by atoms with Crippen LogP contribution in [-0.4, -0.2) is 47.5 Å². The minimum atomic E-state index is -3.43. The average molecular weight is 459 g/mol. The summed E-state index contributed by atoms with van der Waals surface area (Å²) in [7, 11) is -1.77. The summed E-state index contributed by atoms with van der Waals surface area (Å²) in [6.45, 7) is 0. The number of rotatable bonds is 5. The Kier molecular flexibility index (Phi) is 5.72. The van der Waals surface area contributed by atoms with Gasteiger partial charge in [0.05, 0.1) is 4.90 Å². The smallest absolute Gasteiger partial charge is 0.404 e.